The minimum atomic E-state index is -4.47. The Morgan fingerprint density at radius 3 is 2.37 bits per heavy atom. The van der Waals surface area contributed by atoms with Crippen LogP contribution < -0.4 is 10.2 Å². The molecule has 0 bridgehead atoms. The molecule has 0 amide bonds. The fraction of sp³-hybridized carbons (Fsp3) is 0.667. The van der Waals surface area contributed by atoms with Crippen LogP contribution in [0.3, 0.4) is 0 Å². The SMILES string of the molecule is CCCN(c1cc(C(F)(F)F)nc(NC)n1)C(C)C. The molecule has 0 radical (unpaired) electrons. The molecule has 1 heterocycles. The first-order valence-electron chi connectivity index (χ1n) is 6.20. The zero-order chi connectivity index (χ0) is 14.6. The summed E-state index contributed by atoms with van der Waals surface area (Å²) in [5.74, 6) is 0.273. The Balaban J connectivity index is 3.25. The van der Waals surface area contributed by atoms with Crippen molar-refractivity contribution in [3.05, 3.63) is 11.8 Å². The number of hydrogen-bond donors (Lipinski definition) is 1. The highest BCUT2D eigenvalue weighted by molar-refractivity contribution is 5.46. The summed E-state index contributed by atoms with van der Waals surface area (Å²) >= 11 is 0. The van der Waals surface area contributed by atoms with E-state index in [1.807, 2.05) is 25.7 Å². The topological polar surface area (TPSA) is 41.1 Å². The van der Waals surface area contributed by atoms with E-state index in [1.165, 1.54) is 7.05 Å². The Morgan fingerprint density at radius 1 is 1.32 bits per heavy atom. The van der Waals surface area contributed by atoms with E-state index < -0.39 is 11.9 Å². The zero-order valence-corrected chi connectivity index (χ0v) is 11.5. The van der Waals surface area contributed by atoms with Crippen LogP contribution in [0, 0.1) is 0 Å². The van der Waals surface area contributed by atoms with Crippen LogP contribution in [-0.2, 0) is 6.18 Å². The van der Waals surface area contributed by atoms with Crippen LogP contribution in [0.15, 0.2) is 6.07 Å². The maximum atomic E-state index is 12.8. The van der Waals surface area contributed by atoms with Gasteiger partial charge in [0.2, 0.25) is 5.95 Å². The normalized spacial score (nSPS) is 11.8. The van der Waals surface area contributed by atoms with Crippen molar-refractivity contribution in [3.8, 4) is 0 Å². The standard InChI is InChI=1S/C12H19F3N4/c1-5-6-19(8(2)3)10-7-9(12(13,14)15)17-11(16-4)18-10/h7-8H,5-6H2,1-4H3,(H,16,17,18). The number of hydrogen-bond acceptors (Lipinski definition) is 4. The third-order valence-corrected chi connectivity index (χ3v) is 2.61. The predicted molar refractivity (Wildman–Crippen MR) is 69.4 cm³/mol. The third kappa shape index (κ3) is 3.97. The fourth-order valence-electron chi connectivity index (χ4n) is 1.72. The molecule has 0 spiro atoms. The highest BCUT2D eigenvalue weighted by Gasteiger charge is 2.34. The molecule has 0 aliphatic heterocycles. The monoisotopic (exact) mass is 276 g/mol. The van der Waals surface area contributed by atoms with Gasteiger partial charge in [-0.2, -0.15) is 18.2 Å². The second-order valence-corrected chi connectivity index (χ2v) is 4.47. The van der Waals surface area contributed by atoms with Gasteiger partial charge in [-0.1, -0.05) is 6.92 Å². The van der Waals surface area contributed by atoms with Crippen molar-refractivity contribution in [2.45, 2.75) is 39.4 Å². The molecule has 19 heavy (non-hydrogen) atoms. The molecule has 0 aliphatic carbocycles. The van der Waals surface area contributed by atoms with E-state index in [0.717, 1.165) is 12.5 Å². The minimum absolute atomic E-state index is 0.0217. The molecular formula is C12H19F3N4. The Morgan fingerprint density at radius 2 is 1.95 bits per heavy atom. The van der Waals surface area contributed by atoms with Crippen LogP contribution in [0.1, 0.15) is 32.9 Å². The van der Waals surface area contributed by atoms with E-state index in [-0.39, 0.29) is 12.0 Å². The predicted octanol–water partition coefficient (Wildman–Crippen LogP) is 3.16. The van der Waals surface area contributed by atoms with Crippen molar-refractivity contribution in [3.63, 3.8) is 0 Å². The lowest BCUT2D eigenvalue weighted by molar-refractivity contribution is -0.141. The van der Waals surface area contributed by atoms with Crippen LogP contribution in [0.4, 0.5) is 24.9 Å². The van der Waals surface area contributed by atoms with Gasteiger partial charge in [0.15, 0.2) is 5.69 Å². The van der Waals surface area contributed by atoms with Gasteiger partial charge >= 0.3 is 6.18 Å². The molecule has 1 N–H and O–H groups in total. The summed E-state index contributed by atoms with van der Waals surface area (Å²) < 4.78 is 38.4. The third-order valence-electron chi connectivity index (χ3n) is 2.61. The smallest absolute Gasteiger partial charge is 0.357 e. The first-order chi connectivity index (χ1) is 8.79. The van der Waals surface area contributed by atoms with Crippen LogP contribution in [0.5, 0.6) is 0 Å². The van der Waals surface area contributed by atoms with E-state index in [9.17, 15) is 13.2 Å². The molecule has 0 atom stereocenters. The van der Waals surface area contributed by atoms with Gasteiger partial charge in [-0.3, -0.25) is 0 Å². The van der Waals surface area contributed by atoms with Gasteiger partial charge in [0.05, 0.1) is 0 Å². The highest BCUT2D eigenvalue weighted by atomic mass is 19.4. The molecule has 7 heteroatoms. The number of rotatable bonds is 5. The summed E-state index contributed by atoms with van der Waals surface area (Å²) in [5.41, 5.74) is -0.927. The lowest BCUT2D eigenvalue weighted by atomic mass is 10.2. The summed E-state index contributed by atoms with van der Waals surface area (Å²) in [7, 11) is 1.50. The summed E-state index contributed by atoms with van der Waals surface area (Å²) in [5, 5.41) is 2.57. The molecular weight excluding hydrogens is 257 g/mol. The van der Waals surface area contributed by atoms with Crippen molar-refractivity contribution < 1.29 is 13.2 Å². The van der Waals surface area contributed by atoms with Gasteiger partial charge in [-0.05, 0) is 20.3 Å². The summed E-state index contributed by atoms with van der Waals surface area (Å²) in [6, 6.07) is 1.07. The lowest BCUT2D eigenvalue weighted by Gasteiger charge is -2.28. The first-order valence-corrected chi connectivity index (χ1v) is 6.20. The molecule has 4 nitrogen and oxygen atoms in total. The summed E-state index contributed by atoms with van der Waals surface area (Å²) in [4.78, 5) is 9.39. The number of halogens is 3. The van der Waals surface area contributed by atoms with E-state index in [2.05, 4.69) is 15.3 Å². The van der Waals surface area contributed by atoms with Gasteiger partial charge in [-0.25, -0.2) is 4.98 Å². The van der Waals surface area contributed by atoms with Crippen molar-refractivity contribution in [1.29, 1.82) is 0 Å². The number of alkyl halides is 3. The average Bonchev–Trinajstić information content (AvgIpc) is 2.33. The maximum Gasteiger partial charge on any atom is 0.433 e. The highest BCUT2D eigenvalue weighted by Crippen LogP contribution is 2.31. The molecule has 0 fully saturated rings. The number of nitrogens with one attached hydrogen (secondary N) is 1. The van der Waals surface area contributed by atoms with Crippen LogP contribution in [-0.4, -0.2) is 29.6 Å². The second kappa shape index (κ2) is 6.08. The zero-order valence-electron chi connectivity index (χ0n) is 11.5. The van der Waals surface area contributed by atoms with Crippen molar-refractivity contribution in [2.24, 2.45) is 0 Å². The number of nitrogens with zero attached hydrogens (tertiary/aromatic N) is 3. The number of anilines is 2. The Hall–Kier alpha value is -1.53. The molecule has 108 valence electrons. The van der Waals surface area contributed by atoms with Gasteiger partial charge in [0, 0.05) is 25.7 Å². The molecule has 0 saturated heterocycles. The minimum Gasteiger partial charge on any atom is -0.357 e. The fourth-order valence-corrected chi connectivity index (χ4v) is 1.72. The average molecular weight is 276 g/mol. The van der Waals surface area contributed by atoms with Gasteiger partial charge in [0.1, 0.15) is 5.82 Å². The van der Waals surface area contributed by atoms with Gasteiger partial charge in [0.25, 0.3) is 0 Å². The van der Waals surface area contributed by atoms with E-state index in [1.54, 1.807) is 0 Å². The van der Waals surface area contributed by atoms with Crippen LogP contribution >= 0.6 is 0 Å². The molecule has 0 aromatic carbocycles. The molecule has 1 rings (SSSR count). The van der Waals surface area contributed by atoms with Gasteiger partial charge in [-0.15, -0.1) is 0 Å². The maximum absolute atomic E-state index is 12.8. The largest absolute Gasteiger partial charge is 0.433 e. The molecule has 1 aromatic rings. The first kappa shape index (κ1) is 15.5. The summed E-state index contributed by atoms with van der Waals surface area (Å²) in [6.45, 7) is 6.46. The van der Waals surface area contributed by atoms with E-state index in [4.69, 9.17) is 0 Å². The molecule has 0 unspecified atom stereocenters. The number of aromatic nitrogens is 2. The van der Waals surface area contributed by atoms with E-state index in [0.29, 0.717) is 12.4 Å². The Kier molecular flexibility index (Phi) is 4.97. The van der Waals surface area contributed by atoms with Crippen molar-refractivity contribution in [2.75, 3.05) is 23.8 Å². The van der Waals surface area contributed by atoms with E-state index >= 15 is 0 Å². The quantitative estimate of drug-likeness (QED) is 0.897. The molecule has 0 saturated carbocycles. The Labute approximate surface area is 111 Å². The lowest BCUT2D eigenvalue weighted by Crippen LogP contribution is -2.32. The van der Waals surface area contributed by atoms with Crippen molar-refractivity contribution in [1.82, 2.24) is 9.97 Å². The Bertz CT molecular complexity index is 418. The molecule has 0 aliphatic rings. The van der Waals surface area contributed by atoms with Crippen LogP contribution in [0.2, 0.25) is 0 Å². The van der Waals surface area contributed by atoms with Crippen molar-refractivity contribution >= 4 is 11.8 Å². The van der Waals surface area contributed by atoms with Crippen LogP contribution in [0.25, 0.3) is 0 Å². The second-order valence-electron chi connectivity index (χ2n) is 4.47. The molecule has 1 aromatic heterocycles. The summed E-state index contributed by atoms with van der Waals surface area (Å²) in [6.07, 6.45) is -3.64. The van der Waals surface area contributed by atoms with Gasteiger partial charge < -0.3 is 10.2 Å².